The van der Waals surface area contributed by atoms with Crippen LogP contribution in [0.5, 0.6) is 0 Å². The fourth-order valence-electron chi connectivity index (χ4n) is 3.51. The largest absolute Gasteiger partial charge is 0.0844 e. The molecule has 2 bridgehead atoms. The minimum Gasteiger partial charge on any atom is -0.0844 e. The zero-order chi connectivity index (χ0) is 11.2. The van der Waals surface area contributed by atoms with E-state index in [0.29, 0.717) is 5.41 Å². The second kappa shape index (κ2) is 3.48. The summed E-state index contributed by atoms with van der Waals surface area (Å²) in [5, 5.41) is 0. The standard InChI is InChI=1S/C16H20/c1-16(2)14-9-8-13(15(16)11-14)10-12-6-4-3-5-7-12/h3-8,14-15H,9-11H2,1-2H3/t14?,15-/m0/s1. The second-order valence-electron chi connectivity index (χ2n) is 5.98. The molecule has 0 nitrogen and oxygen atoms in total. The van der Waals surface area contributed by atoms with Crippen LogP contribution in [0.1, 0.15) is 32.3 Å². The van der Waals surface area contributed by atoms with Crippen molar-refractivity contribution in [3.8, 4) is 0 Å². The molecule has 1 aromatic carbocycles. The van der Waals surface area contributed by atoms with Crippen LogP contribution in [-0.2, 0) is 6.42 Å². The highest BCUT2D eigenvalue weighted by atomic mass is 14.5. The van der Waals surface area contributed by atoms with Gasteiger partial charge in [0.2, 0.25) is 0 Å². The van der Waals surface area contributed by atoms with Crippen molar-refractivity contribution in [3.63, 3.8) is 0 Å². The number of rotatable bonds is 2. The summed E-state index contributed by atoms with van der Waals surface area (Å²) < 4.78 is 0. The first-order chi connectivity index (χ1) is 7.68. The van der Waals surface area contributed by atoms with Gasteiger partial charge in [-0.1, -0.05) is 55.8 Å². The van der Waals surface area contributed by atoms with Crippen molar-refractivity contribution in [2.24, 2.45) is 17.3 Å². The molecule has 3 aliphatic rings. The van der Waals surface area contributed by atoms with Crippen LogP contribution in [0.2, 0.25) is 0 Å². The van der Waals surface area contributed by atoms with Crippen LogP contribution in [0.15, 0.2) is 42.0 Å². The molecule has 0 aliphatic heterocycles. The topological polar surface area (TPSA) is 0 Å². The van der Waals surface area contributed by atoms with E-state index in [-0.39, 0.29) is 0 Å². The molecule has 0 saturated heterocycles. The first-order valence-corrected chi connectivity index (χ1v) is 6.41. The van der Waals surface area contributed by atoms with Crippen LogP contribution in [0, 0.1) is 17.3 Å². The van der Waals surface area contributed by atoms with E-state index < -0.39 is 0 Å². The van der Waals surface area contributed by atoms with E-state index in [9.17, 15) is 0 Å². The predicted octanol–water partition coefficient (Wildman–Crippen LogP) is 4.22. The molecule has 16 heavy (non-hydrogen) atoms. The molecule has 0 radical (unpaired) electrons. The maximum Gasteiger partial charge on any atom is -0.00641 e. The molecule has 0 heterocycles. The molecular formula is C16H20. The van der Waals surface area contributed by atoms with Gasteiger partial charge in [0, 0.05) is 0 Å². The molecule has 0 aromatic heterocycles. The van der Waals surface area contributed by atoms with E-state index >= 15 is 0 Å². The fourth-order valence-corrected chi connectivity index (χ4v) is 3.51. The third kappa shape index (κ3) is 1.43. The number of hydrogen-bond acceptors (Lipinski definition) is 0. The lowest BCUT2D eigenvalue weighted by Gasteiger charge is -2.56. The van der Waals surface area contributed by atoms with Gasteiger partial charge in [0.1, 0.15) is 0 Å². The number of benzene rings is 1. The Labute approximate surface area is 98.4 Å². The van der Waals surface area contributed by atoms with Crippen molar-refractivity contribution in [1.82, 2.24) is 0 Å². The Bertz CT molecular complexity index is 411. The molecule has 0 N–H and O–H groups in total. The van der Waals surface area contributed by atoms with Gasteiger partial charge in [-0.3, -0.25) is 0 Å². The zero-order valence-electron chi connectivity index (χ0n) is 10.2. The molecule has 1 aromatic rings. The van der Waals surface area contributed by atoms with Gasteiger partial charge in [0.25, 0.3) is 0 Å². The predicted molar refractivity (Wildman–Crippen MR) is 68.2 cm³/mol. The quantitative estimate of drug-likeness (QED) is 0.644. The second-order valence-corrected chi connectivity index (χ2v) is 5.98. The summed E-state index contributed by atoms with van der Waals surface area (Å²) in [6, 6.07) is 10.9. The van der Waals surface area contributed by atoms with Gasteiger partial charge in [-0.15, -0.1) is 0 Å². The summed E-state index contributed by atoms with van der Waals surface area (Å²) in [6.45, 7) is 4.90. The van der Waals surface area contributed by atoms with Gasteiger partial charge in [0.15, 0.2) is 0 Å². The average molecular weight is 212 g/mol. The summed E-state index contributed by atoms with van der Waals surface area (Å²) in [7, 11) is 0. The van der Waals surface area contributed by atoms with Crippen LogP contribution in [0.4, 0.5) is 0 Å². The lowest BCUT2D eigenvalue weighted by Crippen LogP contribution is -2.48. The first kappa shape index (κ1) is 10.1. The van der Waals surface area contributed by atoms with E-state index in [0.717, 1.165) is 11.8 Å². The summed E-state index contributed by atoms with van der Waals surface area (Å²) in [6.07, 6.45) is 6.43. The number of hydrogen-bond donors (Lipinski definition) is 0. The van der Waals surface area contributed by atoms with Crippen LogP contribution >= 0.6 is 0 Å². The SMILES string of the molecule is CC1(C)C2CC=C(Cc3ccccc3)[C@@H]1C2. The van der Waals surface area contributed by atoms with Crippen LogP contribution in [0.3, 0.4) is 0 Å². The first-order valence-electron chi connectivity index (χ1n) is 6.41. The Morgan fingerprint density at radius 2 is 1.94 bits per heavy atom. The molecule has 1 fully saturated rings. The lowest BCUT2D eigenvalue weighted by molar-refractivity contribution is -0.00742. The third-order valence-corrected chi connectivity index (χ3v) is 4.83. The Morgan fingerprint density at radius 3 is 2.56 bits per heavy atom. The van der Waals surface area contributed by atoms with Crippen molar-refractivity contribution < 1.29 is 0 Å². The molecule has 4 rings (SSSR count). The number of allylic oxidation sites excluding steroid dienone is 2. The Balaban J connectivity index is 1.80. The van der Waals surface area contributed by atoms with E-state index in [1.165, 1.54) is 24.8 Å². The minimum atomic E-state index is 0.568. The van der Waals surface area contributed by atoms with Gasteiger partial charge in [-0.2, -0.15) is 0 Å². The Kier molecular flexibility index (Phi) is 2.20. The van der Waals surface area contributed by atoms with E-state index in [1.54, 1.807) is 5.57 Å². The lowest BCUT2D eigenvalue weighted by atomic mass is 9.48. The molecule has 0 amide bonds. The number of fused-ring (bicyclic) bond motifs is 1. The van der Waals surface area contributed by atoms with E-state index in [1.807, 2.05) is 0 Å². The Hall–Kier alpha value is -1.04. The molecule has 0 heteroatoms. The van der Waals surface area contributed by atoms with Gasteiger partial charge in [0.05, 0.1) is 0 Å². The van der Waals surface area contributed by atoms with Crippen LogP contribution in [0.25, 0.3) is 0 Å². The summed E-state index contributed by atoms with van der Waals surface area (Å²) in [5.74, 6) is 1.81. The van der Waals surface area contributed by atoms with Crippen LogP contribution in [-0.4, -0.2) is 0 Å². The molecule has 3 aliphatic carbocycles. The molecule has 2 atom stereocenters. The zero-order valence-corrected chi connectivity index (χ0v) is 10.2. The van der Waals surface area contributed by atoms with Crippen molar-refractivity contribution >= 4 is 0 Å². The Morgan fingerprint density at radius 1 is 1.19 bits per heavy atom. The highest BCUT2D eigenvalue weighted by Crippen LogP contribution is 2.59. The minimum absolute atomic E-state index is 0.568. The monoisotopic (exact) mass is 212 g/mol. The third-order valence-electron chi connectivity index (χ3n) is 4.83. The highest BCUT2D eigenvalue weighted by molar-refractivity contribution is 5.29. The smallest absolute Gasteiger partial charge is 0.00641 e. The van der Waals surface area contributed by atoms with Crippen LogP contribution < -0.4 is 0 Å². The van der Waals surface area contributed by atoms with E-state index in [2.05, 4.69) is 50.3 Å². The maximum absolute atomic E-state index is 2.51. The van der Waals surface area contributed by atoms with Gasteiger partial charge in [-0.05, 0) is 42.1 Å². The molecule has 1 saturated carbocycles. The maximum atomic E-state index is 2.51. The van der Waals surface area contributed by atoms with Gasteiger partial charge < -0.3 is 0 Å². The summed E-state index contributed by atoms with van der Waals surface area (Å²) >= 11 is 0. The normalized spacial score (nSPS) is 30.5. The van der Waals surface area contributed by atoms with Crippen molar-refractivity contribution in [3.05, 3.63) is 47.5 Å². The van der Waals surface area contributed by atoms with Gasteiger partial charge in [-0.25, -0.2) is 0 Å². The van der Waals surface area contributed by atoms with E-state index in [4.69, 9.17) is 0 Å². The average Bonchev–Trinajstić information content (AvgIpc) is 2.30. The molecule has 1 unspecified atom stereocenters. The van der Waals surface area contributed by atoms with Crippen molar-refractivity contribution in [2.75, 3.05) is 0 Å². The molecule has 0 spiro atoms. The molecular weight excluding hydrogens is 192 g/mol. The van der Waals surface area contributed by atoms with Gasteiger partial charge >= 0.3 is 0 Å². The fraction of sp³-hybridized carbons (Fsp3) is 0.500. The van der Waals surface area contributed by atoms with Crippen molar-refractivity contribution in [1.29, 1.82) is 0 Å². The summed E-state index contributed by atoms with van der Waals surface area (Å²) in [5.41, 5.74) is 3.73. The highest BCUT2D eigenvalue weighted by Gasteiger charge is 2.50. The molecule has 84 valence electrons. The van der Waals surface area contributed by atoms with Crippen molar-refractivity contribution in [2.45, 2.75) is 33.1 Å². The summed E-state index contributed by atoms with van der Waals surface area (Å²) in [4.78, 5) is 0.